The van der Waals surface area contributed by atoms with Crippen molar-refractivity contribution in [1.29, 1.82) is 0 Å². The summed E-state index contributed by atoms with van der Waals surface area (Å²) in [7, 11) is 0. The number of thioether (sulfide) groups is 1. The molecule has 7 nitrogen and oxygen atoms in total. The monoisotopic (exact) mass is 569 g/mol. The van der Waals surface area contributed by atoms with E-state index in [0.29, 0.717) is 25.1 Å². The second kappa shape index (κ2) is 15.1. The molecule has 0 spiro atoms. The first kappa shape index (κ1) is 33.2. The maximum Gasteiger partial charge on any atom is 0.408 e. The third kappa shape index (κ3) is 9.29. The molecule has 2 atom stereocenters. The number of nitrogens with zero attached hydrogens (tertiary/aromatic N) is 1. The lowest BCUT2D eigenvalue weighted by atomic mass is 9.93. The highest BCUT2D eigenvalue weighted by Gasteiger charge is 2.37. The number of amides is 3. The number of unbranched alkanes of at least 4 members (excludes halogenated alkanes) is 1. The fourth-order valence-corrected chi connectivity index (χ4v) is 5.20. The van der Waals surface area contributed by atoms with E-state index in [2.05, 4.69) is 17.6 Å². The van der Waals surface area contributed by atoms with Gasteiger partial charge >= 0.3 is 6.09 Å². The maximum absolute atomic E-state index is 14.4. The van der Waals surface area contributed by atoms with Crippen LogP contribution in [0.5, 0.6) is 0 Å². The molecule has 0 aliphatic heterocycles. The van der Waals surface area contributed by atoms with Gasteiger partial charge in [-0.05, 0) is 101 Å². The molecule has 0 aromatic heterocycles. The Morgan fingerprint density at radius 3 is 2.00 bits per heavy atom. The smallest absolute Gasteiger partial charge is 0.408 e. The molecule has 8 heteroatoms. The molecule has 2 aromatic carbocycles. The molecule has 2 rings (SSSR count). The summed E-state index contributed by atoms with van der Waals surface area (Å²) in [4.78, 5) is 43.0. The van der Waals surface area contributed by atoms with E-state index in [9.17, 15) is 14.4 Å². The zero-order valence-corrected chi connectivity index (χ0v) is 26.5. The van der Waals surface area contributed by atoms with E-state index in [1.165, 1.54) is 0 Å². The van der Waals surface area contributed by atoms with Gasteiger partial charge in [0.25, 0.3) is 5.91 Å². The molecule has 2 N–H and O–H groups in total. The van der Waals surface area contributed by atoms with Gasteiger partial charge in [0.15, 0.2) is 0 Å². The third-order valence-electron chi connectivity index (χ3n) is 6.74. The van der Waals surface area contributed by atoms with Gasteiger partial charge in [-0.1, -0.05) is 49.7 Å². The number of para-hydroxylation sites is 1. The Labute approximate surface area is 244 Å². The molecule has 0 saturated heterocycles. The average molecular weight is 570 g/mol. The number of alkyl carbamates (subject to hydrolysis) is 1. The maximum atomic E-state index is 14.4. The highest BCUT2D eigenvalue weighted by molar-refractivity contribution is 7.98. The van der Waals surface area contributed by atoms with E-state index in [1.807, 2.05) is 70.3 Å². The predicted molar refractivity (Wildman–Crippen MR) is 166 cm³/mol. The number of carbonyl (C=O) groups is 3. The Morgan fingerprint density at radius 2 is 1.50 bits per heavy atom. The SMILES string of the molecule is CCCCN(C(=O)C(CCSC)NC(=O)OC(C)(C)C)C(C(=O)Nc1c(C)cccc1C)c1c(C)cccc1C. The number of nitrogens with one attached hydrogen (secondary N) is 2. The fraction of sp³-hybridized carbons (Fsp3) is 0.531. The summed E-state index contributed by atoms with van der Waals surface area (Å²) >= 11 is 1.60. The van der Waals surface area contributed by atoms with Crippen molar-refractivity contribution in [2.75, 3.05) is 23.9 Å². The third-order valence-corrected chi connectivity index (χ3v) is 7.38. The highest BCUT2D eigenvalue weighted by Crippen LogP contribution is 2.31. The summed E-state index contributed by atoms with van der Waals surface area (Å²) in [5, 5.41) is 5.96. The molecule has 2 unspecified atom stereocenters. The molecule has 2 aromatic rings. The molecule has 3 amide bonds. The van der Waals surface area contributed by atoms with Gasteiger partial charge in [0.05, 0.1) is 0 Å². The largest absolute Gasteiger partial charge is 0.444 e. The summed E-state index contributed by atoms with van der Waals surface area (Å²) < 4.78 is 5.49. The quantitative estimate of drug-likeness (QED) is 0.291. The van der Waals surface area contributed by atoms with Crippen molar-refractivity contribution in [3.63, 3.8) is 0 Å². The van der Waals surface area contributed by atoms with Crippen LogP contribution in [-0.2, 0) is 14.3 Å². The van der Waals surface area contributed by atoms with Crippen LogP contribution in [0, 0.1) is 27.7 Å². The van der Waals surface area contributed by atoms with Crippen LogP contribution in [-0.4, -0.2) is 53.0 Å². The van der Waals surface area contributed by atoms with Gasteiger partial charge in [0.2, 0.25) is 5.91 Å². The van der Waals surface area contributed by atoms with Gasteiger partial charge < -0.3 is 20.3 Å². The number of hydrogen-bond acceptors (Lipinski definition) is 5. The minimum absolute atomic E-state index is 0.278. The molecular formula is C32H47N3O4S. The second-order valence-corrected chi connectivity index (χ2v) is 12.3. The van der Waals surface area contributed by atoms with Crippen LogP contribution in [0.25, 0.3) is 0 Å². The van der Waals surface area contributed by atoms with Gasteiger partial charge in [0, 0.05) is 12.2 Å². The minimum atomic E-state index is -0.878. The standard InChI is InChI=1S/C32H47N3O4S/c1-10-11-19-35(30(37)25(18-20-40-9)33-31(38)39-32(6,7)8)28(26-21(2)14-12-15-22(26)3)29(36)34-27-23(4)16-13-17-24(27)5/h12-17,25,28H,10-11,18-20H2,1-9H3,(H,33,38)(H,34,36). The van der Waals surface area contributed by atoms with Crippen molar-refractivity contribution < 1.29 is 19.1 Å². The average Bonchev–Trinajstić information content (AvgIpc) is 2.86. The van der Waals surface area contributed by atoms with E-state index < -0.39 is 23.8 Å². The summed E-state index contributed by atoms with van der Waals surface area (Å²) in [6, 6.07) is 10.1. The number of benzene rings is 2. The van der Waals surface area contributed by atoms with Crippen LogP contribution < -0.4 is 10.6 Å². The molecule has 0 aliphatic carbocycles. The summed E-state index contributed by atoms with van der Waals surface area (Å²) in [6.45, 7) is 15.6. The van der Waals surface area contributed by atoms with Crippen molar-refractivity contribution in [2.45, 2.75) is 92.3 Å². The highest BCUT2D eigenvalue weighted by atomic mass is 32.2. The molecule has 0 heterocycles. The number of hydrogen-bond donors (Lipinski definition) is 2. The van der Waals surface area contributed by atoms with E-state index in [4.69, 9.17) is 4.74 Å². The molecule has 0 saturated carbocycles. The number of aryl methyl sites for hydroxylation is 4. The van der Waals surface area contributed by atoms with Gasteiger partial charge in [-0.2, -0.15) is 11.8 Å². The summed E-state index contributed by atoms with van der Waals surface area (Å²) in [5.74, 6) is 0.0917. The van der Waals surface area contributed by atoms with Crippen molar-refractivity contribution in [3.05, 3.63) is 64.2 Å². The first-order chi connectivity index (χ1) is 18.8. The van der Waals surface area contributed by atoms with Gasteiger partial charge in [0.1, 0.15) is 17.7 Å². The van der Waals surface area contributed by atoms with Crippen molar-refractivity contribution >= 4 is 35.4 Å². The van der Waals surface area contributed by atoms with Crippen molar-refractivity contribution in [2.24, 2.45) is 0 Å². The topological polar surface area (TPSA) is 87.7 Å². The van der Waals surface area contributed by atoms with Crippen LogP contribution >= 0.6 is 11.8 Å². The molecule has 0 radical (unpaired) electrons. The lowest BCUT2D eigenvalue weighted by Crippen LogP contribution is -2.53. The first-order valence-corrected chi connectivity index (χ1v) is 15.4. The minimum Gasteiger partial charge on any atom is -0.444 e. The van der Waals surface area contributed by atoms with Gasteiger partial charge in [-0.15, -0.1) is 0 Å². The summed E-state index contributed by atoms with van der Waals surface area (Å²) in [5.41, 5.74) is 4.60. The predicted octanol–water partition coefficient (Wildman–Crippen LogP) is 6.88. The van der Waals surface area contributed by atoms with Crippen molar-refractivity contribution in [1.82, 2.24) is 10.2 Å². The first-order valence-electron chi connectivity index (χ1n) is 14.0. The number of carbonyl (C=O) groups excluding carboxylic acids is 3. The normalized spacial score (nSPS) is 12.8. The fourth-order valence-electron chi connectivity index (χ4n) is 4.73. The Morgan fingerprint density at radius 1 is 0.950 bits per heavy atom. The summed E-state index contributed by atoms with van der Waals surface area (Å²) in [6.07, 6.45) is 3.29. The molecule has 0 bridgehead atoms. The van der Waals surface area contributed by atoms with E-state index in [1.54, 1.807) is 37.4 Å². The van der Waals surface area contributed by atoms with E-state index in [0.717, 1.165) is 39.9 Å². The van der Waals surface area contributed by atoms with Crippen LogP contribution in [0.3, 0.4) is 0 Å². The molecular weight excluding hydrogens is 522 g/mol. The molecule has 40 heavy (non-hydrogen) atoms. The lowest BCUT2D eigenvalue weighted by molar-refractivity contribution is -0.141. The van der Waals surface area contributed by atoms with E-state index >= 15 is 0 Å². The zero-order valence-electron chi connectivity index (χ0n) is 25.6. The number of ether oxygens (including phenoxy) is 1. The molecule has 0 fully saturated rings. The Kier molecular flexibility index (Phi) is 12.6. The van der Waals surface area contributed by atoms with E-state index in [-0.39, 0.29) is 11.8 Å². The van der Waals surface area contributed by atoms with Gasteiger partial charge in [-0.3, -0.25) is 9.59 Å². The number of anilines is 1. The van der Waals surface area contributed by atoms with Gasteiger partial charge in [-0.25, -0.2) is 4.79 Å². The van der Waals surface area contributed by atoms with Crippen LogP contribution in [0.15, 0.2) is 36.4 Å². The molecule has 220 valence electrons. The Hall–Kier alpha value is -3.00. The number of rotatable bonds is 12. The van der Waals surface area contributed by atoms with Crippen LogP contribution in [0.2, 0.25) is 0 Å². The Balaban J connectivity index is 2.62. The zero-order chi connectivity index (χ0) is 30.0. The Bertz CT molecular complexity index is 1130. The lowest BCUT2D eigenvalue weighted by Gasteiger charge is -2.36. The second-order valence-electron chi connectivity index (χ2n) is 11.3. The van der Waals surface area contributed by atoms with Crippen LogP contribution in [0.1, 0.15) is 80.8 Å². The molecule has 0 aliphatic rings. The van der Waals surface area contributed by atoms with Crippen molar-refractivity contribution in [3.8, 4) is 0 Å². The van der Waals surface area contributed by atoms with Crippen LogP contribution in [0.4, 0.5) is 10.5 Å².